The van der Waals surface area contributed by atoms with E-state index in [9.17, 15) is 0 Å². The maximum atomic E-state index is 5.58. The topological polar surface area (TPSA) is 93.2 Å². The molecule has 12 heteroatoms. The van der Waals surface area contributed by atoms with Gasteiger partial charge in [0, 0.05) is 17.1 Å². The average molecular weight is 609 g/mol. The Kier molecular flexibility index (Phi) is 10.9. The Bertz CT molecular complexity index is 1350. The molecular weight excluding hydrogens is 581 g/mol. The van der Waals surface area contributed by atoms with Crippen LogP contribution in [0.25, 0.3) is 0 Å². The molecule has 1 aromatic heterocycles. The van der Waals surface area contributed by atoms with E-state index in [2.05, 4.69) is 30.9 Å². The largest absolute Gasteiger partial charge is 0.494 e. The monoisotopic (exact) mass is 608 g/mol. The molecule has 40 heavy (non-hydrogen) atoms. The smallest absolute Gasteiger partial charge is 0.232 e. The van der Waals surface area contributed by atoms with E-state index in [0.29, 0.717) is 38.1 Å². The summed E-state index contributed by atoms with van der Waals surface area (Å²) in [5.41, 5.74) is 3.69. The van der Waals surface area contributed by atoms with E-state index in [4.69, 9.17) is 33.9 Å². The van der Waals surface area contributed by atoms with Crippen LogP contribution in [0.3, 0.4) is 0 Å². The molecule has 4 rings (SSSR count). The second-order valence-corrected chi connectivity index (χ2v) is 11.4. The Labute approximate surface area is 253 Å². The van der Waals surface area contributed by atoms with Crippen LogP contribution in [-0.2, 0) is 0 Å². The molecule has 0 saturated carbocycles. The standard InChI is InChI=1S/C28H28N6O2S4/c1-4-35-22-14-10-20(11-15-22)30-27(37)39-25-32-24(29-19-8-6-18(3)7-9-19)33-26(34-25)40-28(38)31-21-12-16-23(17-13-21)36-5-2/h6-17H,4-5H2,1-3H3,(H,30,37)(H,31,38)(H,29,32,33,34). The summed E-state index contributed by atoms with van der Waals surface area (Å²) in [5, 5.41) is 10.5. The highest BCUT2D eigenvalue weighted by Gasteiger charge is 2.13. The first-order chi connectivity index (χ1) is 19.4. The summed E-state index contributed by atoms with van der Waals surface area (Å²) in [7, 11) is 0. The molecule has 0 amide bonds. The van der Waals surface area contributed by atoms with Crippen LogP contribution in [0, 0.1) is 6.92 Å². The molecule has 4 aromatic rings. The molecule has 1 heterocycles. The van der Waals surface area contributed by atoms with Gasteiger partial charge in [0.25, 0.3) is 0 Å². The highest BCUT2D eigenvalue weighted by atomic mass is 32.2. The van der Waals surface area contributed by atoms with E-state index in [1.54, 1.807) is 0 Å². The molecule has 0 atom stereocenters. The summed E-state index contributed by atoms with van der Waals surface area (Å²) in [5.74, 6) is 1.98. The number of thiocarbonyl (C=S) groups is 2. The van der Waals surface area contributed by atoms with E-state index in [1.165, 1.54) is 23.5 Å². The highest BCUT2D eigenvalue weighted by molar-refractivity contribution is 8.23. The first kappa shape index (κ1) is 29.5. The zero-order valence-electron chi connectivity index (χ0n) is 22.1. The minimum atomic E-state index is 0.386. The zero-order valence-corrected chi connectivity index (χ0v) is 25.4. The van der Waals surface area contributed by atoms with Gasteiger partial charge in [0.1, 0.15) is 20.1 Å². The number of hydrogen-bond donors (Lipinski definition) is 3. The van der Waals surface area contributed by atoms with Crippen LogP contribution in [0.15, 0.2) is 83.1 Å². The minimum absolute atomic E-state index is 0.386. The van der Waals surface area contributed by atoms with Crippen molar-refractivity contribution in [1.82, 2.24) is 15.0 Å². The molecular formula is C28H28N6O2S4. The Morgan fingerprint density at radius 3 is 1.50 bits per heavy atom. The van der Waals surface area contributed by atoms with Gasteiger partial charge in [-0.3, -0.25) is 0 Å². The van der Waals surface area contributed by atoms with Gasteiger partial charge in [-0.2, -0.15) is 15.0 Å². The number of nitrogens with zero attached hydrogens (tertiary/aromatic N) is 3. The summed E-state index contributed by atoms with van der Waals surface area (Å²) in [4.78, 5) is 13.8. The lowest BCUT2D eigenvalue weighted by atomic mass is 10.2. The predicted molar refractivity (Wildman–Crippen MR) is 174 cm³/mol. The van der Waals surface area contributed by atoms with Crippen molar-refractivity contribution in [2.45, 2.75) is 31.1 Å². The van der Waals surface area contributed by atoms with Crippen LogP contribution in [0.1, 0.15) is 19.4 Å². The third-order valence-corrected chi connectivity index (χ3v) is 7.10. The molecule has 0 radical (unpaired) electrons. The van der Waals surface area contributed by atoms with Gasteiger partial charge in [-0.25, -0.2) is 0 Å². The number of aryl methyl sites for hydroxylation is 1. The van der Waals surface area contributed by atoms with Gasteiger partial charge in [-0.1, -0.05) is 42.1 Å². The van der Waals surface area contributed by atoms with Crippen molar-refractivity contribution in [3.63, 3.8) is 0 Å². The van der Waals surface area contributed by atoms with Crippen LogP contribution >= 0.6 is 48.0 Å². The van der Waals surface area contributed by atoms with Crippen molar-refractivity contribution in [3.8, 4) is 11.5 Å². The van der Waals surface area contributed by atoms with Gasteiger partial charge >= 0.3 is 0 Å². The lowest BCUT2D eigenvalue weighted by Crippen LogP contribution is -2.09. The van der Waals surface area contributed by atoms with Crippen molar-refractivity contribution >= 4 is 79.6 Å². The number of ether oxygens (including phenoxy) is 2. The van der Waals surface area contributed by atoms with Gasteiger partial charge in [0.15, 0.2) is 0 Å². The maximum absolute atomic E-state index is 5.58. The van der Waals surface area contributed by atoms with Crippen LogP contribution in [0.4, 0.5) is 23.0 Å². The van der Waals surface area contributed by atoms with Gasteiger partial charge in [-0.05, 0) is 105 Å². The third kappa shape index (κ3) is 9.33. The third-order valence-electron chi connectivity index (χ3n) is 5.09. The fourth-order valence-electron chi connectivity index (χ4n) is 3.31. The molecule has 0 spiro atoms. The molecule has 0 unspecified atom stereocenters. The predicted octanol–water partition coefficient (Wildman–Crippen LogP) is 7.70. The Balaban J connectivity index is 1.48. The Morgan fingerprint density at radius 1 is 0.650 bits per heavy atom. The van der Waals surface area contributed by atoms with Gasteiger partial charge in [0.05, 0.1) is 13.2 Å². The molecule has 3 aromatic carbocycles. The van der Waals surface area contributed by atoms with Crippen LogP contribution in [-0.4, -0.2) is 36.8 Å². The zero-order chi connectivity index (χ0) is 28.3. The van der Waals surface area contributed by atoms with Crippen LogP contribution in [0.2, 0.25) is 0 Å². The van der Waals surface area contributed by atoms with E-state index < -0.39 is 0 Å². The highest BCUT2D eigenvalue weighted by Crippen LogP contribution is 2.26. The van der Waals surface area contributed by atoms with Gasteiger partial charge in [-0.15, -0.1) is 0 Å². The molecule has 0 saturated heterocycles. The first-order valence-corrected chi connectivity index (χ1v) is 14.9. The summed E-state index contributed by atoms with van der Waals surface area (Å²) in [6, 6.07) is 23.1. The van der Waals surface area contributed by atoms with Gasteiger partial charge in [0.2, 0.25) is 16.3 Å². The molecule has 8 nitrogen and oxygen atoms in total. The van der Waals surface area contributed by atoms with Crippen LogP contribution in [0.5, 0.6) is 11.5 Å². The Morgan fingerprint density at radius 2 is 1.07 bits per heavy atom. The molecule has 0 fully saturated rings. The number of benzene rings is 3. The molecule has 206 valence electrons. The van der Waals surface area contributed by atoms with E-state index in [-0.39, 0.29) is 0 Å². The van der Waals surface area contributed by atoms with Gasteiger partial charge < -0.3 is 25.4 Å². The summed E-state index contributed by atoms with van der Waals surface area (Å²) in [6.45, 7) is 7.15. The van der Waals surface area contributed by atoms with E-state index in [1.807, 2.05) is 93.6 Å². The normalized spacial score (nSPS) is 10.5. The number of rotatable bonds is 10. The van der Waals surface area contributed by atoms with Crippen molar-refractivity contribution < 1.29 is 9.47 Å². The molecule has 0 aliphatic carbocycles. The fourth-order valence-corrected chi connectivity index (χ4v) is 5.24. The fraction of sp³-hybridized carbons (Fsp3) is 0.179. The lowest BCUT2D eigenvalue weighted by molar-refractivity contribution is 0.340. The quantitative estimate of drug-likeness (QED) is 0.122. The molecule has 0 aliphatic rings. The second-order valence-electron chi connectivity index (χ2n) is 8.16. The number of thioether (sulfide) groups is 2. The maximum Gasteiger partial charge on any atom is 0.232 e. The molecule has 0 aliphatic heterocycles. The minimum Gasteiger partial charge on any atom is -0.494 e. The molecule has 3 N–H and O–H groups in total. The number of hydrogen-bond acceptors (Lipinski definition) is 10. The van der Waals surface area contributed by atoms with Crippen molar-refractivity contribution in [3.05, 3.63) is 78.4 Å². The number of nitrogens with one attached hydrogen (secondary N) is 3. The summed E-state index contributed by atoms with van der Waals surface area (Å²) in [6.07, 6.45) is 0. The second kappa shape index (κ2) is 14.8. The lowest BCUT2D eigenvalue weighted by Gasteiger charge is -2.12. The Hall–Kier alpha value is -3.45. The van der Waals surface area contributed by atoms with Crippen molar-refractivity contribution in [2.75, 3.05) is 29.2 Å². The first-order valence-electron chi connectivity index (χ1n) is 12.4. The summed E-state index contributed by atoms with van der Waals surface area (Å²) >= 11 is 13.6. The summed E-state index contributed by atoms with van der Waals surface area (Å²) < 4.78 is 12.0. The van der Waals surface area contributed by atoms with E-state index in [0.717, 1.165) is 34.1 Å². The number of anilines is 4. The van der Waals surface area contributed by atoms with Crippen molar-refractivity contribution in [1.29, 1.82) is 0 Å². The van der Waals surface area contributed by atoms with Crippen LogP contribution < -0.4 is 25.4 Å². The van der Waals surface area contributed by atoms with E-state index >= 15 is 0 Å². The SMILES string of the molecule is CCOc1ccc(NC(=S)Sc2nc(Nc3ccc(C)cc3)nc(SC(=S)Nc3ccc(OCC)cc3)n2)cc1. The average Bonchev–Trinajstić information content (AvgIpc) is 2.92. The number of aromatic nitrogens is 3. The molecule has 0 bridgehead atoms. The van der Waals surface area contributed by atoms with Crippen molar-refractivity contribution in [2.24, 2.45) is 0 Å².